The second kappa shape index (κ2) is 6.71. The molecule has 0 aliphatic carbocycles. The van der Waals surface area contributed by atoms with Crippen molar-refractivity contribution in [1.29, 1.82) is 0 Å². The number of likely N-dealkylation sites (tertiary alicyclic amines) is 1. The molecule has 1 aliphatic heterocycles. The maximum atomic E-state index is 12.3. The molecule has 1 aliphatic rings. The van der Waals surface area contributed by atoms with Gasteiger partial charge in [-0.15, -0.1) is 0 Å². The van der Waals surface area contributed by atoms with Gasteiger partial charge in [-0.2, -0.15) is 0 Å². The summed E-state index contributed by atoms with van der Waals surface area (Å²) in [6, 6.07) is 9.64. The number of benzene rings is 1. The Labute approximate surface area is 120 Å². The highest BCUT2D eigenvalue weighted by Gasteiger charge is 2.32. The van der Waals surface area contributed by atoms with Crippen molar-refractivity contribution in [3.8, 4) is 0 Å². The van der Waals surface area contributed by atoms with Gasteiger partial charge in [-0.05, 0) is 32.3 Å². The average molecular weight is 273 g/mol. The van der Waals surface area contributed by atoms with Gasteiger partial charge in [0.05, 0.1) is 18.7 Å². The Morgan fingerprint density at radius 3 is 2.70 bits per heavy atom. The van der Waals surface area contributed by atoms with E-state index in [2.05, 4.69) is 6.08 Å². The van der Waals surface area contributed by atoms with Crippen LogP contribution >= 0.6 is 0 Å². The van der Waals surface area contributed by atoms with E-state index in [0.717, 1.165) is 18.4 Å². The van der Waals surface area contributed by atoms with Gasteiger partial charge in [-0.1, -0.05) is 42.0 Å². The highest BCUT2D eigenvalue weighted by atomic mass is 16.3. The molecule has 3 nitrogen and oxygen atoms in total. The van der Waals surface area contributed by atoms with Gasteiger partial charge in [-0.25, -0.2) is 0 Å². The third-order valence-electron chi connectivity index (χ3n) is 3.75. The fraction of sp³-hybridized carbons (Fsp3) is 0.471. The van der Waals surface area contributed by atoms with Crippen LogP contribution < -0.4 is 0 Å². The minimum Gasteiger partial charge on any atom is -0.394 e. The Morgan fingerprint density at radius 1 is 1.40 bits per heavy atom. The summed E-state index contributed by atoms with van der Waals surface area (Å²) in [5.74, 6) is 0.140. The molecule has 0 unspecified atom stereocenters. The van der Waals surface area contributed by atoms with Crippen molar-refractivity contribution in [1.82, 2.24) is 4.90 Å². The van der Waals surface area contributed by atoms with E-state index in [4.69, 9.17) is 0 Å². The summed E-state index contributed by atoms with van der Waals surface area (Å²) in [6.07, 6.45) is 4.62. The van der Waals surface area contributed by atoms with Crippen molar-refractivity contribution in [2.75, 3.05) is 6.61 Å². The number of allylic oxidation sites excluding steroid dienone is 1. The third kappa shape index (κ3) is 3.28. The van der Waals surface area contributed by atoms with Crippen molar-refractivity contribution in [2.45, 2.75) is 45.2 Å². The minimum atomic E-state index is -0.246. The summed E-state index contributed by atoms with van der Waals surface area (Å²) in [6.45, 7) is 4.06. The van der Waals surface area contributed by atoms with Gasteiger partial charge in [0.15, 0.2) is 0 Å². The summed E-state index contributed by atoms with van der Waals surface area (Å²) in [5.41, 5.74) is 2.21. The Hall–Kier alpha value is -1.61. The molecule has 0 bridgehead atoms. The molecule has 20 heavy (non-hydrogen) atoms. The SMILES string of the molecule is CC(C)=C[C@@H]1CCCC(=O)N1[C@@H](CO)c1ccccc1. The summed E-state index contributed by atoms with van der Waals surface area (Å²) in [7, 11) is 0. The van der Waals surface area contributed by atoms with E-state index in [0.29, 0.717) is 6.42 Å². The molecule has 1 N–H and O–H groups in total. The lowest BCUT2D eigenvalue weighted by molar-refractivity contribution is -0.139. The monoisotopic (exact) mass is 273 g/mol. The number of carbonyl (C=O) groups is 1. The number of carbonyl (C=O) groups excluding carboxylic acids is 1. The zero-order chi connectivity index (χ0) is 14.5. The fourth-order valence-corrected chi connectivity index (χ4v) is 2.90. The van der Waals surface area contributed by atoms with Crippen molar-refractivity contribution in [2.24, 2.45) is 0 Å². The van der Waals surface area contributed by atoms with Crippen LogP contribution in [0.1, 0.15) is 44.7 Å². The number of aliphatic hydroxyl groups is 1. The Kier molecular flexibility index (Phi) is 4.96. The number of aliphatic hydroxyl groups excluding tert-OH is 1. The van der Waals surface area contributed by atoms with Gasteiger partial charge in [0.2, 0.25) is 5.91 Å². The van der Waals surface area contributed by atoms with Gasteiger partial charge in [0.1, 0.15) is 0 Å². The van der Waals surface area contributed by atoms with E-state index in [1.807, 2.05) is 49.1 Å². The zero-order valence-corrected chi connectivity index (χ0v) is 12.2. The van der Waals surface area contributed by atoms with Crippen molar-refractivity contribution in [3.05, 3.63) is 47.5 Å². The van der Waals surface area contributed by atoms with Gasteiger partial charge >= 0.3 is 0 Å². The molecule has 1 heterocycles. The van der Waals surface area contributed by atoms with Crippen molar-refractivity contribution >= 4 is 5.91 Å². The lowest BCUT2D eigenvalue weighted by Crippen LogP contribution is -2.46. The van der Waals surface area contributed by atoms with Crippen LogP contribution in [0.3, 0.4) is 0 Å². The van der Waals surface area contributed by atoms with Crippen LogP contribution in [0.4, 0.5) is 0 Å². The van der Waals surface area contributed by atoms with E-state index in [9.17, 15) is 9.90 Å². The second-order valence-electron chi connectivity index (χ2n) is 5.61. The topological polar surface area (TPSA) is 40.5 Å². The average Bonchev–Trinajstić information content (AvgIpc) is 2.43. The van der Waals surface area contributed by atoms with Crippen molar-refractivity contribution < 1.29 is 9.90 Å². The molecule has 0 saturated carbocycles. The van der Waals surface area contributed by atoms with E-state index < -0.39 is 0 Å². The molecular formula is C17H23NO2. The number of rotatable bonds is 4. The quantitative estimate of drug-likeness (QED) is 0.856. The van der Waals surface area contributed by atoms with Crippen LogP contribution in [0.25, 0.3) is 0 Å². The highest BCUT2D eigenvalue weighted by molar-refractivity contribution is 5.78. The third-order valence-corrected chi connectivity index (χ3v) is 3.75. The first-order valence-electron chi connectivity index (χ1n) is 7.25. The Balaban J connectivity index is 2.33. The first-order chi connectivity index (χ1) is 9.63. The summed E-state index contributed by atoms with van der Waals surface area (Å²) < 4.78 is 0. The smallest absolute Gasteiger partial charge is 0.223 e. The largest absolute Gasteiger partial charge is 0.394 e. The molecule has 0 spiro atoms. The molecule has 1 aromatic carbocycles. The van der Waals surface area contributed by atoms with Crippen LogP contribution in [0.2, 0.25) is 0 Å². The fourth-order valence-electron chi connectivity index (χ4n) is 2.90. The first kappa shape index (κ1) is 14.8. The maximum absolute atomic E-state index is 12.3. The van der Waals surface area contributed by atoms with Gasteiger partial charge in [0.25, 0.3) is 0 Å². The van der Waals surface area contributed by atoms with Crippen LogP contribution in [-0.4, -0.2) is 28.6 Å². The van der Waals surface area contributed by atoms with Gasteiger partial charge < -0.3 is 10.0 Å². The van der Waals surface area contributed by atoms with E-state index >= 15 is 0 Å². The summed E-state index contributed by atoms with van der Waals surface area (Å²) >= 11 is 0. The highest BCUT2D eigenvalue weighted by Crippen LogP contribution is 2.30. The molecule has 3 heteroatoms. The van der Waals surface area contributed by atoms with Crippen LogP contribution in [0.5, 0.6) is 0 Å². The Bertz CT molecular complexity index is 477. The van der Waals surface area contributed by atoms with Gasteiger partial charge in [-0.3, -0.25) is 4.79 Å². The molecular weight excluding hydrogens is 250 g/mol. The van der Waals surface area contributed by atoms with Crippen LogP contribution in [0, 0.1) is 0 Å². The Morgan fingerprint density at radius 2 is 2.10 bits per heavy atom. The molecule has 2 atom stereocenters. The number of piperidine rings is 1. The normalized spacial score (nSPS) is 20.6. The molecule has 2 rings (SSSR count). The first-order valence-corrected chi connectivity index (χ1v) is 7.25. The number of hydrogen-bond donors (Lipinski definition) is 1. The van der Waals surface area contributed by atoms with Crippen LogP contribution in [0.15, 0.2) is 42.0 Å². The van der Waals surface area contributed by atoms with E-state index in [-0.39, 0.29) is 24.6 Å². The molecule has 108 valence electrons. The van der Waals surface area contributed by atoms with E-state index in [1.54, 1.807) is 0 Å². The number of amides is 1. The molecule has 0 aromatic heterocycles. The van der Waals surface area contributed by atoms with Gasteiger partial charge in [0, 0.05) is 6.42 Å². The predicted molar refractivity (Wildman–Crippen MR) is 80.2 cm³/mol. The molecule has 0 radical (unpaired) electrons. The predicted octanol–water partition coefficient (Wildman–Crippen LogP) is 3.07. The minimum absolute atomic E-state index is 0.0388. The number of hydrogen-bond acceptors (Lipinski definition) is 2. The lowest BCUT2D eigenvalue weighted by atomic mass is 9.95. The molecule has 1 aromatic rings. The molecule has 1 fully saturated rings. The lowest BCUT2D eigenvalue weighted by Gasteiger charge is -2.40. The summed E-state index contributed by atoms with van der Waals surface area (Å²) in [4.78, 5) is 14.2. The second-order valence-corrected chi connectivity index (χ2v) is 5.61. The summed E-state index contributed by atoms with van der Waals surface area (Å²) in [5, 5.41) is 9.79. The van der Waals surface area contributed by atoms with Crippen molar-refractivity contribution in [3.63, 3.8) is 0 Å². The molecule has 1 amide bonds. The molecule has 1 saturated heterocycles. The van der Waals surface area contributed by atoms with E-state index in [1.165, 1.54) is 5.57 Å². The standard InChI is InChI=1S/C17H23NO2/c1-13(2)11-15-9-6-10-17(20)18(15)16(12-19)14-7-4-3-5-8-14/h3-5,7-8,11,15-16,19H,6,9-10,12H2,1-2H3/t15-,16-/m0/s1. The zero-order valence-electron chi connectivity index (χ0n) is 12.2. The van der Waals surface area contributed by atoms with Crippen LogP contribution in [-0.2, 0) is 4.79 Å². The number of nitrogens with zero attached hydrogens (tertiary/aromatic N) is 1. The maximum Gasteiger partial charge on any atom is 0.223 e.